The molecule has 0 bridgehead atoms. The molecule has 0 heterocycles. The molecule has 0 nitrogen and oxygen atoms in total. The Morgan fingerprint density at radius 1 is 1.22 bits per heavy atom. The molecule has 0 amide bonds. The van der Waals surface area contributed by atoms with Gasteiger partial charge in [0.15, 0.2) is 0 Å². The van der Waals surface area contributed by atoms with Gasteiger partial charge >= 0.3 is 0 Å². The Hall–Kier alpha value is -0.0265. The summed E-state index contributed by atoms with van der Waals surface area (Å²) >= 11 is 0. The fourth-order valence-electron chi connectivity index (χ4n) is 0.805. The Morgan fingerprint density at radius 3 is 3.00 bits per heavy atom. The van der Waals surface area contributed by atoms with E-state index in [2.05, 4.69) is 18.2 Å². The van der Waals surface area contributed by atoms with Crippen molar-refractivity contribution in [2.24, 2.45) is 0 Å². The van der Waals surface area contributed by atoms with Gasteiger partial charge in [-0.05, 0) is 0 Å². The molecule has 0 aromatic rings. The van der Waals surface area contributed by atoms with Gasteiger partial charge in [0.2, 0.25) is 0 Å². The fourth-order valence-corrected chi connectivity index (χ4v) is 0.805. The molecule has 54 valence electrons. The maximum absolute atomic E-state index is 3.18. The molecule has 0 atom stereocenters. The maximum atomic E-state index is 3.18. The van der Waals surface area contributed by atoms with E-state index in [1.54, 1.807) is 0 Å². The molecule has 0 N–H and O–H groups in total. The minimum Gasteiger partial charge on any atom is -0.275 e. The zero-order valence-electron chi connectivity index (χ0n) is 5.38. The minimum absolute atomic E-state index is 0. The molecule has 1 aliphatic rings. The van der Waals surface area contributed by atoms with Gasteiger partial charge in [-0.15, -0.1) is 6.42 Å². The van der Waals surface area contributed by atoms with Gasteiger partial charge in [0.05, 0.1) is 0 Å². The number of hydrogen-bond acceptors (Lipinski definition) is 0. The van der Waals surface area contributed by atoms with Crippen LogP contribution in [0.5, 0.6) is 0 Å². The first-order valence-electron chi connectivity index (χ1n) is 3.22. The number of hydrogen-bond donors (Lipinski definition) is 0. The molecule has 0 aliphatic heterocycles. The van der Waals surface area contributed by atoms with E-state index in [9.17, 15) is 0 Å². The maximum Gasteiger partial charge on any atom is 0 e. The van der Waals surface area contributed by atoms with Crippen LogP contribution >= 0.6 is 0 Å². The smallest absolute Gasteiger partial charge is 0 e. The normalized spacial score (nSPS) is 17.8. The van der Waals surface area contributed by atoms with Crippen LogP contribution in [0.3, 0.4) is 0 Å². The van der Waals surface area contributed by atoms with Gasteiger partial charge in [0.25, 0.3) is 0 Å². The molecule has 0 saturated heterocycles. The van der Waals surface area contributed by atoms with Gasteiger partial charge in [0, 0.05) is 16.5 Å². The standard InChI is InChI=1S/C8H11.Ni/c1-2-4-6-8-7-5-3-1;/h1-3H,4,6-8H2;/q-1;. The summed E-state index contributed by atoms with van der Waals surface area (Å²) in [6, 6.07) is 0. The second-order valence-corrected chi connectivity index (χ2v) is 2.04. The van der Waals surface area contributed by atoms with Crippen LogP contribution in [-0.2, 0) is 16.5 Å². The van der Waals surface area contributed by atoms with E-state index in [0.29, 0.717) is 0 Å². The fraction of sp³-hybridized carbons (Fsp3) is 0.500. The molecule has 1 aliphatic carbocycles. The minimum atomic E-state index is 0. The van der Waals surface area contributed by atoms with Crippen molar-refractivity contribution < 1.29 is 16.5 Å². The third kappa shape index (κ3) is 4.48. The first-order valence-corrected chi connectivity index (χ1v) is 3.22. The van der Waals surface area contributed by atoms with E-state index < -0.39 is 0 Å². The van der Waals surface area contributed by atoms with E-state index >= 15 is 0 Å². The summed E-state index contributed by atoms with van der Waals surface area (Å²) in [7, 11) is 0. The van der Waals surface area contributed by atoms with Gasteiger partial charge in [-0.1, -0.05) is 19.3 Å². The van der Waals surface area contributed by atoms with E-state index in [1.165, 1.54) is 19.3 Å². The quantitative estimate of drug-likeness (QED) is 0.383. The summed E-state index contributed by atoms with van der Waals surface area (Å²) in [6.07, 6.45) is 14.5. The molecule has 9 heavy (non-hydrogen) atoms. The van der Waals surface area contributed by atoms with Crippen molar-refractivity contribution in [2.75, 3.05) is 0 Å². The molecular formula is C8H11Ni-. The predicted octanol–water partition coefficient (Wildman–Crippen LogP) is 2.47. The zero-order chi connectivity index (χ0) is 5.66. The molecule has 0 fully saturated rings. The zero-order valence-corrected chi connectivity index (χ0v) is 6.36. The van der Waals surface area contributed by atoms with E-state index in [-0.39, 0.29) is 16.5 Å². The average molecular weight is 166 g/mol. The van der Waals surface area contributed by atoms with Crippen LogP contribution in [-0.4, -0.2) is 0 Å². The van der Waals surface area contributed by atoms with Gasteiger partial charge < -0.3 is 0 Å². The predicted molar refractivity (Wildman–Crippen MR) is 35.4 cm³/mol. The van der Waals surface area contributed by atoms with Crippen molar-refractivity contribution in [3.05, 3.63) is 24.3 Å². The summed E-state index contributed by atoms with van der Waals surface area (Å²) in [5.41, 5.74) is 0. The van der Waals surface area contributed by atoms with E-state index in [4.69, 9.17) is 0 Å². The van der Waals surface area contributed by atoms with Crippen molar-refractivity contribution in [1.82, 2.24) is 0 Å². The molecule has 0 unspecified atom stereocenters. The van der Waals surface area contributed by atoms with Crippen molar-refractivity contribution >= 4 is 0 Å². The monoisotopic (exact) mass is 165 g/mol. The largest absolute Gasteiger partial charge is 0.275 e. The topological polar surface area (TPSA) is 0 Å². The van der Waals surface area contributed by atoms with Gasteiger partial charge in [0.1, 0.15) is 0 Å². The van der Waals surface area contributed by atoms with Crippen LogP contribution in [0.2, 0.25) is 0 Å². The Balaban J connectivity index is 0.000000640. The summed E-state index contributed by atoms with van der Waals surface area (Å²) in [6.45, 7) is 0. The van der Waals surface area contributed by atoms with E-state index in [0.717, 1.165) is 6.42 Å². The van der Waals surface area contributed by atoms with Crippen LogP contribution in [0.1, 0.15) is 25.7 Å². The van der Waals surface area contributed by atoms with E-state index in [1.807, 2.05) is 6.08 Å². The van der Waals surface area contributed by atoms with Gasteiger partial charge in [-0.2, -0.15) is 6.08 Å². The Morgan fingerprint density at radius 2 is 2.11 bits per heavy atom. The second kappa shape index (κ2) is 6.10. The first-order chi connectivity index (χ1) is 4.00. The molecule has 1 rings (SSSR count). The molecule has 0 radical (unpaired) electrons. The average Bonchev–Trinajstić information content (AvgIpc) is 1.62. The van der Waals surface area contributed by atoms with Crippen LogP contribution in [0.4, 0.5) is 0 Å². The molecule has 0 aromatic carbocycles. The van der Waals surface area contributed by atoms with Crippen molar-refractivity contribution in [3.63, 3.8) is 0 Å². The second-order valence-electron chi connectivity index (χ2n) is 2.04. The van der Waals surface area contributed by atoms with Crippen molar-refractivity contribution in [1.29, 1.82) is 0 Å². The van der Waals surface area contributed by atoms with Crippen LogP contribution in [0, 0.1) is 6.08 Å². The summed E-state index contributed by atoms with van der Waals surface area (Å²) in [5, 5.41) is 0. The summed E-state index contributed by atoms with van der Waals surface area (Å²) < 4.78 is 0. The summed E-state index contributed by atoms with van der Waals surface area (Å²) in [4.78, 5) is 0. The Kier molecular flexibility index (Phi) is 6.08. The van der Waals surface area contributed by atoms with Crippen molar-refractivity contribution in [3.8, 4) is 0 Å². The molecule has 1 heteroatoms. The molecule has 0 aromatic heterocycles. The van der Waals surface area contributed by atoms with Crippen LogP contribution in [0.25, 0.3) is 0 Å². The Bertz CT molecular complexity index is 89.1. The Labute approximate surface area is 67.0 Å². The van der Waals surface area contributed by atoms with Crippen molar-refractivity contribution in [2.45, 2.75) is 25.7 Å². The van der Waals surface area contributed by atoms with Gasteiger partial charge in [-0.25, -0.2) is 12.2 Å². The van der Waals surface area contributed by atoms with Crippen LogP contribution in [0.15, 0.2) is 18.2 Å². The van der Waals surface area contributed by atoms with Gasteiger partial charge in [-0.3, -0.25) is 6.08 Å². The third-order valence-electron chi connectivity index (χ3n) is 1.29. The first kappa shape index (κ1) is 8.97. The van der Waals surface area contributed by atoms with Crippen LogP contribution < -0.4 is 0 Å². The molecule has 0 saturated carbocycles. The summed E-state index contributed by atoms with van der Waals surface area (Å²) in [5.74, 6) is 0. The third-order valence-corrected chi connectivity index (χ3v) is 1.29. The number of allylic oxidation sites excluding steroid dienone is 4. The molecular weight excluding hydrogens is 155 g/mol. The SMILES string of the molecule is [C-]1=CC=CCCCC1.[Ni]. The molecule has 0 spiro atoms. The number of rotatable bonds is 0.